The molecule has 2 rings (SSSR count). The Labute approximate surface area is 122 Å². The molecule has 5 heteroatoms. The number of ether oxygens (including phenoxy) is 1. The van der Waals surface area contributed by atoms with Crippen LogP contribution in [0.5, 0.6) is 5.75 Å². The van der Waals surface area contributed by atoms with Crippen LogP contribution < -0.4 is 15.8 Å². The molecule has 0 fully saturated rings. The molecule has 0 saturated heterocycles. The van der Waals surface area contributed by atoms with E-state index in [2.05, 4.69) is 5.32 Å². The van der Waals surface area contributed by atoms with Crippen molar-refractivity contribution in [2.24, 2.45) is 0 Å². The predicted molar refractivity (Wildman–Crippen MR) is 81.5 cm³/mol. The Morgan fingerprint density at radius 3 is 2.65 bits per heavy atom. The molecule has 1 amide bonds. The summed E-state index contributed by atoms with van der Waals surface area (Å²) in [6.07, 6.45) is 0. The molecule has 0 aliphatic carbocycles. The number of rotatable bonds is 3. The van der Waals surface area contributed by atoms with E-state index >= 15 is 0 Å². The monoisotopic (exact) mass is 290 g/mol. The van der Waals surface area contributed by atoms with E-state index in [0.717, 1.165) is 5.56 Å². The molecule has 2 aromatic carbocycles. The molecule has 20 heavy (non-hydrogen) atoms. The van der Waals surface area contributed by atoms with Gasteiger partial charge in [0.25, 0.3) is 5.91 Å². The molecule has 0 radical (unpaired) electrons. The van der Waals surface area contributed by atoms with E-state index in [9.17, 15) is 4.79 Å². The lowest BCUT2D eigenvalue weighted by Crippen LogP contribution is -2.14. The highest BCUT2D eigenvalue weighted by Crippen LogP contribution is 2.26. The standard InChI is InChI=1S/C15H15ClN2O2/c1-9-3-6-14(20-2)13(7-9)18-15(19)11-5-4-10(16)8-12(11)17/h3-8H,17H2,1-2H3,(H,18,19). The van der Waals surface area contributed by atoms with Gasteiger partial charge in [0.05, 0.1) is 18.4 Å². The Hall–Kier alpha value is -2.20. The number of carbonyl (C=O) groups excluding carboxylic acids is 1. The Morgan fingerprint density at radius 2 is 2.00 bits per heavy atom. The van der Waals surface area contributed by atoms with Gasteiger partial charge in [0.15, 0.2) is 0 Å². The third-order valence-corrected chi connectivity index (χ3v) is 3.10. The summed E-state index contributed by atoms with van der Waals surface area (Å²) in [5, 5.41) is 3.28. The van der Waals surface area contributed by atoms with Crippen LogP contribution in [-0.2, 0) is 0 Å². The van der Waals surface area contributed by atoms with E-state index in [1.54, 1.807) is 31.4 Å². The summed E-state index contributed by atoms with van der Waals surface area (Å²) in [6, 6.07) is 10.3. The minimum Gasteiger partial charge on any atom is -0.495 e. The van der Waals surface area contributed by atoms with Crippen LogP contribution in [0, 0.1) is 6.92 Å². The van der Waals surface area contributed by atoms with Crippen molar-refractivity contribution in [2.75, 3.05) is 18.2 Å². The average Bonchev–Trinajstić information content (AvgIpc) is 2.38. The van der Waals surface area contributed by atoms with Gasteiger partial charge in [0.1, 0.15) is 5.75 Å². The zero-order chi connectivity index (χ0) is 14.7. The fourth-order valence-electron chi connectivity index (χ4n) is 1.85. The molecular formula is C15H15ClN2O2. The quantitative estimate of drug-likeness (QED) is 0.851. The number of nitrogens with one attached hydrogen (secondary N) is 1. The maximum Gasteiger partial charge on any atom is 0.257 e. The summed E-state index contributed by atoms with van der Waals surface area (Å²) in [4.78, 5) is 12.2. The summed E-state index contributed by atoms with van der Waals surface area (Å²) in [5.74, 6) is 0.291. The minimum absolute atomic E-state index is 0.303. The summed E-state index contributed by atoms with van der Waals surface area (Å²) >= 11 is 5.82. The smallest absolute Gasteiger partial charge is 0.257 e. The van der Waals surface area contributed by atoms with Gasteiger partial charge in [0, 0.05) is 10.7 Å². The van der Waals surface area contributed by atoms with Crippen LogP contribution in [0.25, 0.3) is 0 Å². The Bertz CT molecular complexity index is 656. The zero-order valence-electron chi connectivity index (χ0n) is 11.2. The second-order valence-electron chi connectivity index (χ2n) is 4.39. The van der Waals surface area contributed by atoms with Crippen molar-refractivity contribution in [3.8, 4) is 5.75 Å². The summed E-state index contributed by atoms with van der Waals surface area (Å²) < 4.78 is 5.22. The van der Waals surface area contributed by atoms with Gasteiger partial charge >= 0.3 is 0 Å². The molecule has 104 valence electrons. The van der Waals surface area contributed by atoms with Gasteiger partial charge in [-0.3, -0.25) is 4.79 Å². The number of methoxy groups -OCH3 is 1. The largest absolute Gasteiger partial charge is 0.495 e. The molecule has 0 unspecified atom stereocenters. The number of hydrogen-bond acceptors (Lipinski definition) is 3. The van der Waals surface area contributed by atoms with Crippen LogP contribution in [0.3, 0.4) is 0 Å². The first kappa shape index (κ1) is 14.2. The molecule has 4 nitrogen and oxygen atoms in total. The number of carbonyl (C=O) groups is 1. The van der Waals surface area contributed by atoms with Crippen LogP contribution in [0.15, 0.2) is 36.4 Å². The maximum absolute atomic E-state index is 12.2. The van der Waals surface area contributed by atoms with Crippen molar-refractivity contribution in [3.63, 3.8) is 0 Å². The summed E-state index contributed by atoms with van der Waals surface area (Å²) in [7, 11) is 1.55. The molecule has 0 spiro atoms. The van der Waals surface area contributed by atoms with Crippen LogP contribution in [-0.4, -0.2) is 13.0 Å². The first-order valence-corrected chi connectivity index (χ1v) is 6.40. The number of nitrogen functional groups attached to an aromatic ring is 1. The predicted octanol–water partition coefficient (Wildman–Crippen LogP) is 3.49. The maximum atomic E-state index is 12.2. The first-order chi connectivity index (χ1) is 9.51. The molecule has 0 aliphatic rings. The molecule has 0 heterocycles. The minimum atomic E-state index is -0.303. The molecule has 0 saturated carbocycles. The van der Waals surface area contributed by atoms with Crippen LogP contribution >= 0.6 is 11.6 Å². The zero-order valence-corrected chi connectivity index (χ0v) is 12.0. The third kappa shape index (κ3) is 3.03. The highest BCUT2D eigenvalue weighted by atomic mass is 35.5. The number of halogens is 1. The molecule has 0 aromatic heterocycles. The molecule has 0 bridgehead atoms. The fourth-order valence-corrected chi connectivity index (χ4v) is 2.03. The normalized spacial score (nSPS) is 10.2. The van der Waals surface area contributed by atoms with Gasteiger partial charge in [-0.05, 0) is 42.8 Å². The lowest BCUT2D eigenvalue weighted by atomic mass is 10.1. The van der Waals surface area contributed by atoms with Crippen LogP contribution in [0.1, 0.15) is 15.9 Å². The van der Waals surface area contributed by atoms with Crippen LogP contribution in [0.4, 0.5) is 11.4 Å². The molecule has 2 aromatic rings. The van der Waals surface area contributed by atoms with Crippen molar-refractivity contribution in [1.29, 1.82) is 0 Å². The lowest BCUT2D eigenvalue weighted by Gasteiger charge is -2.12. The van der Waals surface area contributed by atoms with Gasteiger partial charge in [-0.1, -0.05) is 17.7 Å². The molecule has 3 N–H and O–H groups in total. The first-order valence-electron chi connectivity index (χ1n) is 6.02. The molecular weight excluding hydrogens is 276 g/mol. The van der Waals surface area contributed by atoms with Gasteiger partial charge in [-0.15, -0.1) is 0 Å². The lowest BCUT2D eigenvalue weighted by molar-refractivity contribution is 0.102. The molecule has 0 atom stereocenters. The third-order valence-electron chi connectivity index (χ3n) is 2.86. The van der Waals surface area contributed by atoms with Crippen molar-refractivity contribution in [2.45, 2.75) is 6.92 Å². The number of hydrogen-bond donors (Lipinski definition) is 2. The second kappa shape index (κ2) is 5.84. The number of benzene rings is 2. The van der Waals surface area contributed by atoms with Crippen molar-refractivity contribution in [3.05, 3.63) is 52.5 Å². The topological polar surface area (TPSA) is 64.3 Å². The van der Waals surface area contributed by atoms with Crippen molar-refractivity contribution in [1.82, 2.24) is 0 Å². The van der Waals surface area contributed by atoms with E-state index < -0.39 is 0 Å². The molecule has 0 aliphatic heterocycles. The highest BCUT2D eigenvalue weighted by molar-refractivity contribution is 6.31. The number of amides is 1. The van der Waals surface area contributed by atoms with E-state index in [-0.39, 0.29) is 5.91 Å². The number of nitrogens with two attached hydrogens (primary N) is 1. The Morgan fingerprint density at radius 1 is 1.25 bits per heavy atom. The SMILES string of the molecule is COc1ccc(C)cc1NC(=O)c1ccc(Cl)cc1N. The van der Waals surface area contributed by atoms with E-state index in [1.807, 2.05) is 19.1 Å². The highest BCUT2D eigenvalue weighted by Gasteiger charge is 2.12. The Balaban J connectivity index is 2.30. The number of aryl methyl sites for hydroxylation is 1. The van der Waals surface area contributed by atoms with Gasteiger partial charge in [0.2, 0.25) is 0 Å². The van der Waals surface area contributed by atoms with Gasteiger partial charge in [-0.25, -0.2) is 0 Å². The average molecular weight is 291 g/mol. The summed E-state index contributed by atoms with van der Waals surface area (Å²) in [5.41, 5.74) is 8.13. The van der Waals surface area contributed by atoms with E-state index in [1.165, 1.54) is 0 Å². The number of anilines is 2. The van der Waals surface area contributed by atoms with E-state index in [0.29, 0.717) is 27.7 Å². The van der Waals surface area contributed by atoms with Gasteiger partial charge < -0.3 is 15.8 Å². The second-order valence-corrected chi connectivity index (χ2v) is 4.83. The summed E-state index contributed by atoms with van der Waals surface area (Å²) in [6.45, 7) is 1.94. The Kier molecular flexibility index (Phi) is 4.15. The fraction of sp³-hybridized carbons (Fsp3) is 0.133. The van der Waals surface area contributed by atoms with Crippen LogP contribution in [0.2, 0.25) is 5.02 Å². The van der Waals surface area contributed by atoms with E-state index in [4.69, 9.17) is 22.1 Å². The van der Waals surface area contributed by atoms with Gasteiger partial charge in [-0.2, -0.15) is 0 Å². The van der Waals surface area contributed by atoms with Crippen molar-refractivity contribution >= 4 is 28.9 Å². The van der Waals surface area contributed by atoms with Crippen molar-refractivity contribution < 1.29 is 9.53 Å².